The average molecular weight is 433 g/mol. The normalized spacial score (nSPS) is 24.0. The molecule has 5 rings (SSSR count). The summed E-state index contributed by atoms with van der Waals surface area (Å²) in [6.45, 7) is 0.485. The van der Waals surface area contributed by atoms with Crippen LogP contribution >= 0.6 is 0 Å². The lowest BCUT2D eigenvalue weighted by Gasteiger charge is -2.18. The van der Waals surface area contributed by atoms with Crippen LogP contribution < -0.4 is 16.0 Å². The standard InChI is InChI=1S/C24H23N3O5/c28-23(25-16-9-2-1-3-10-16)26-19-13-30-22-20(14-31-21(19)22)32-24(29)27-18-12-6-8-15-7-4-5-11-17(15)18/h1-12,19-22H,13-14H2,(H,27,29)(H2,25,26,28)/t19-,20+,21+,22+/m0/s1. The molecule has 0 aromatic heterocycles. The second-order valence-electron chi connectivity index (χ2n) is 7.76. The molecule has 0 radical (unpaired) electrons. The number of carbonyl (C=O) groups excluding carboxylic acids is 2. The first-order valence-electron chi connectivity index (χ1n) is 10.5. The monoisotopic (exact) mass is 433 g/mol. The summed E-state index contributed by atoms with van der Waals surface area (Å²) in [5, 5.41) is 10.4. The van der Waals surface area contributed by atoms with Gasteiger partial charge in [-0.1, -0.05) is 54.6 Å². The second-order valence-corrected chi connectivity index (χ2v) is 7.76. The van der Waals surface area contributed by atoms with Crippen molar-refractivity contribution in [3.8, 4) is 0 Å². The number of amides is 3. The lowest BCUT2D eigenvalue weighted by molar-refractivity contribution is 0.00874. The molecule has 3 aromatic carbocycles. The summed E-state index contributed by atoms with van der Waals surface area (Å²) in [7, 11) is 0. The molecule has 3 aromatic rings. The summed E-state index contributed by atoms with van der Waals surface area (Å²) >= 11 is 0. The predicted octanol–water partition coefficient (Wildman–Crippen LogP) is 3.74. The van der Waals surface area contributed by atoms with E-state index in [1.54, 1.807) is 12.1 Å². The average Bonchev–Trinajstić information content (AvgIpc) is 3.38. The minimum Gasteiger partial charge on any atom is -0.441 e. The fraction of sp³-hybridized carbons (Fsp3) is 0.250. The predicted molar refractivity (Wildman–Crippen MR) is 120 cm³/mol. The summed E-state index contributed by atoms with van der Waals surface area (Å²) in [4.78, 5) is 24.8. The van der Waals surface area contributed by atoms with Crippen molar-refractivity contribution in [2.75, 3.05) is 23.8 Å². The number of anilines is 2. The van der Waals surface area contributed by atoms with Crippen LogP contribution in [-0.2, 0) is 14.2 Å². The number of rotatable bonds is 4. The van der Waals surface area contributed by atoms with Crippen molar-refractivity contribution in [2.24, 2.45) is 0 Å². The van der Waals surface area contributed by atoms with Crippen LogP contribution in [0.5, 0.6) is 0 Å². The Hall–Kier alpha value is -3.62. The van der Waals surface area contributed by atoms with E-state index in [9.17, 15) is 9.59 Å². The highest BCUT2D eigenvalue weighted by molar-refractivity contribution is 6.00. The van der Waals surface area contributed by atoms with Crippen LogP contribution in [0.15, 0.2) is 72.8 Å². The first-order valence-corrected chi connectivity index (χ1v) is 10.5. The Balaban J connectivity index is 1.17. The second kappa shape index (κ2) is 8.86. The third-order valence-electron chi connectivity index (χ3n) is 5.64. The van der Waals surface area contributed by atoms with E-state index < -0.39 is 18.3 Å². The van der Waals surface area contributed by atoms with E-state index in [2.05, 4.69) is 16.0 Å². The molecule has 0 bridgehead atoms. The van der Waals surface area contributed by atoms with Crippen molar-refractivity contribution in [3.05, 3.63) is 72.8 Å². The Morgan fingerprint density at radius 2 is 1.56 bits per heavy atom. The molecule has 3 N–H and O–H groups in total. The van der Waals surface area contributed by atoms with Gasteiger partial charge in [-0.25, -0.2) is 9.59 Å². The number of ether oxygens (including phenoxy) is 3. The first kappa shape index (κ1) is 20.3. The number of benzene rings is 3. The van der Waals surface area contributed by atoms with Crippen LogP contribution in [0.4, 0.5) is 21.0 Å². The van der Waals surface area contributed by atoms with Gasteiger partial charge in [0.1, 0.15) is 12.2 Å². The van der Waals surface area contributed by atoms with Crippen molar-refractivity contribution in [2.45, 2.75) is 24.4 Å². The molecule has 3 amide bonds. The molecule has 0 saturated carbocycles. The molecule has 8 heteroatoms. The minimum absolute atomic E-state index is 0.205. The maximum Gasteiger partial charge on any atom is 0.412 e. The molecule has 2 heterocycles. The summed E-state index contributed by atoms with van der Waals surface area (Å²) in [6.07, 6.45) is -1.95. The molecule has 8 nitrogen and oxygen atoms in total. The first-order chi connectivity index (χ1) is 15.7. The molecule has 0 unspecified atom stereocenters. The van der Waals surface area contributed by atoms with Crippen molar-refractivity contribution >= 4 is 34.3 Å². The maximum atomic E-state index is 12.5. The van der Waals surface area contributed by atoms with E-state index in [-0.39, 0.29) is 31.4 Å². The molecule has 2 aliphatic rings. The van der Waals surface area contributed by atoms with E-state index >= 15 is 0 Å². The molecule has 0 spiro atoms. The fourth-order valence-electron chi connectivity index (χ4n) is 4.16. The number of carbonyl (C=O) groups is 2. The van der Waals surface area contributed by atoms with Crippen LogP contribution in [-0.4, -0.2) is 49.7 Å². The van der Waals surface area contributed by atoms with Gasteiger partial charge in [0.2, 0.25) is 0 Å². The van der Waals surface area contributed by atoms with Crippen molar-refractivity contribution in [1.29, 1.82) is 0 Å². The number of para-hydroxylation sites is 1. The SMILES string of the molecule is O=C(Nc1ccccc1)N[C@H]1CO[C@H]2[C@@H]1OC[C@H]2OC(=O)Nc1cccc2ccccc12. The van der Waals surface area contributed by atoms with E-state index in [4.69, 9.17) is 14.2 Å². The summed E-state index contributed by atoms with van der Waals surface area (Å²) in [5.41, 5.74) is 1.37. The van der Waals surface area contributed by atoms with Crippen LogP contribution in [0.25, 0.3) is 10.8 Å². The van der Waals surface area contributed by atoms with Crippen LogP contribution in [0, 0.1) is 0 Å². The summed E-state index contributed by atoms with van der Waals surface area (Å²) in [6, 6.07) is 22.0. The zero-order valence-electron chi connectivity index (χ0n) is 17.2. The van der Waals surface area contributed by atoms with Gasteiger partial charge in [0, 0.05) is 11.1 Å². The molecule has 164 valence electrons. The number of nitrogens with one attached hydrogen (secondary N) is 3. The number of hydrogen-bond acceptors (Lipinski definition) is 5. The van der Waals surface area contributed by atoms with Gasteiger partial charge in [0.25, 0.3) is 0 Å². The highest BCUT2D eigenvalue weighted by Crippen LogP contribution is 2.30. The van der Waals surface area contributed by atoms with Gasteiger partial charge >= 0.3 is 12.1 Å². The van der Waals surface area contributed by atoms with Gasteiger partial charge in [0.15, 0.2) is 6.10 Å². The van der Waals surface area contributed by atoms with Gasteiger partial charge in [-0.2, -0.15) is 0 Å². The van der Waals surface area contributed by atoms with E-state index in [1.807, 2.05) is 60.7 Å². The van der Waals surface area contributed by atoms with Gasteiger partial charge < -0.3 is 24.8 Å². The Labute approximate surface area is 184 Å². The molecule has 32 heavy (non-hydrogen) atoms. The van der Waals surface area contributed by atoms with Crippen molar-refractivity contribution in [3.63, 3.8) is 0 Å². The summed E-state index contributed by atoms with van der Waals surface area (Å²) in [5.74, 6) is 0. The molecule has 4 atom stereocenters. The zero-order chi connectivity index (χ0) is 21.9. The lowest BCUT2D eigenvalue weighted by atomic mass is 10.1. The number of hydrogen-bond donors (Lipinski definition) is 3. The quantitative estimate of drug-likeness (QED) is 0.582. The van der Waals surface area contributed by atoms with Crippen LogP contribution in [0.3, 0.4) is 0 Å². The van der Waals surface area contributed by atoms with E-state index in [1.165, 1.54) is 0 Å². The minimum atomic E-state index is -0.572. The van der Waals surface area contributed by atoms with Gasteiger partial charge in [-0.3, -0.25) is 5.32 Å². The fourth-order valence-corrected chi connectivity index (χ4v) is 4.16. The highest BCUT2D eigenvalue weighted by atomic mass is 16.6. The van der Waals surface area contributed by atoms with Crippen LogP contribution in [0.2, 0.25) is 0 Å². The van der Waals surface area contributed by atoms with Gasteiger partial charge in [-0.05, 0) is 23.6 Å². The summed E-state index contributed by atoms with van der Waals surface area (Å²) < 4.78 is 17.2. The zero-order valence-corrected chi connectivity index (χ0v) is 17.2. The van der Waals surface area contributed by atoms with E-state index in [0.29, 0.717) is 11.4 Å². The highest BCUT2D eigenvalue weighted by Gasteiger charge is 2.50. The van der Waals surface area contributed by atoms with Crippen LogP contribution in [0.1, 0.15) is 0 Å². The molecule has 2 fully saturated rings. The number of urea groups is 1. The van der Waals surface area contributed by atoms with E-state index in [0.717, 1.165) is 10.8 Å². The van der Waals surface area contributed by atoms with Gasteiger partial charge in [0.05, 0.1) is 24.9 Å². The van der Waals surface area contributed by atoms with Crippen molar-refractivity contribution < 1.29 is 23.8 Å². The lowest BCUT2D eigenvalue weighted by Crippen LogP contribution is -2.46. The molecular formula is C24H23N3O5. The Kier molecular flexibility index (Phi) is 5.62. The Morgan fingerprint density at radius 3 is 2.44 bits per heavy atom. The smallest absolute Gasteiger partial charge is 0.412 e. The Bertz CT molecular complexity index is 1120. The number of fused-ring (bicyclic) bond motifs is 2. The van der Waals surface area contributed by atoms with Gasteiger partial charge in [-0.15, -0.1) is 0 Å². The molecule has 2 saturated heterocycles. The Morgan fingerprint density at radius 1 is 0.812 bits per heavy atom. The largest absolute Gasteiger partial charge is 0.441 e. The molecule has 0 aliphatic carbocycles. The third kappa shape index (κ3) is 4.23. The maximum absolute atomic E-state index is 12.5. The topological polar surface area (TPSA) is 97.9 Å². The van der Waals surface area contributed by atoms with Crippen molar-refractivity contribution in [1.82, 2.24) is 5.32 Å². The molecular weight excluding hydrogens is 410 g/mol. The third-order valence-corrected chi connectivity index (χ3v) is 5.64. The molecule has 2 aliphatic heterocycles.